The van der Waals surface area contributed by atoms with Crippen molar-refractivity contribution in [1.82, 2.24) is 0 Å². The van der Waals surface area contributed by atoms with Gasteiger partial charge in [-0.15, -0.1) is 0 Å². The number of carbonyl (C=O) groups excluding carboxylic acids is 2. The number of esters is 1. The van der Waals surface area contributed by atoms with E-state index in [0.29, 0.717) is 5.56 Å². The van der Waals surface area contributed by atoms with Gasteiger partial charge in [-0.05, 0) is 19.4 Å². The minimum atomic E-state index is -1.87. The number of carbonyl (C=O) groups is 2. The Morgan fingerprint density at radius 2 is 1.72 bits per heavy atom. The molecule has 2 unspecified atom stereocenters. The van der Waals surface area contributed by atoms with Gasteiger partial charge >= 0.3 is 12.0 Å². The molecule has 29 heavy (non-hydrogen) atoms. The van der Waals surface area contributed by atoms with Gasteiger partial charge in [0.05, 0.1) is 17.4 Å². The zero-order valence-corrected chi connectivity index (χ0v) is 15.9. The molecule has 0 heterocycles. The first-order chi connectivity index (χ1) is 13.7. The minimum Gasteiger partial charge on any atom is -0.461 e. The number of nitro groups is 2. The van der Waals surface area contributed by atoms with Crippen molar-refractivity contribution in [1.29, 1.82) is 0 Å². The van der Waals surface area contributed by atoms with Crippen LogP contribution in [0.15, 0.2) is 48.5 Å². The number of hydrogen-bond acceptors (Lipinski definition) is 7. The molecule has 2 aromatic carbocycles. The Balaban J connectivity index is 2.49. The number of non-ortho nitro benzene ring substituents is 1. The Morgan fingerprint density at radius 3 is 2.28 bits per heavy atom. The van der Waals surface area contributed by atoms with Crippen molar-refractivity contribution in [3.05, 3.63) is 85.4 Å². The molecule has 0 aromatic heterocycles. The molecule has 152 valence electrons. The Hall–Kier alpha value is -3.62. The molecule has 9 heteroatoms. The summed E-state index contributed by atoms with van der Waals surface area (Å²) >= 11 is 0. The van der Waals surface area contributed by atoms with Gasteiger partial charge in [-0.2, -0.15) is 0 Å². The first kappa shape index (κ1) is 21.7. The lowest BCUT2D eigenvalue weighted by atomic mass is 9.85. The Morgan fingerprint density at radius 1 is 1.07 bits per heavy atom. The summed E-state index contributed by atoms with van der Waals surface area (Å²) in [7, 11) is 0. The Kier molecular flexibility index (Phi) is 7.13. The van der Waals surface area contributed by atoms with E-state index >= 15 is 0 Å². The van der Waals surface area contributed by atoms with Gasteiger partial charge in [-0.3, -0.25) is 25.0 Å². The van der Waals surface area contributed by atoms with E-state index in [9.17, 15) is 29.8 Å². The molecule has 0 saturated heterocycles. The number of benzene rings is 2. The average molecular weight is 400 g/mol. The number of ketones is 1. The molecule has 0 fully saturated rings. The highest BCUT2D eigenvalue weighted by Crippen LogP contribution is 2.30. The van der Waals surface area contributed by atoms with Crippen LogP contribution in [0.25, 0.3) is 0 Å². The molecule has 0 saturated carbocycles. The number of hydrogen-bond donors (Lipinski definition) is 0. The zero-order valence-electron chi connectivity index (χ0n) is 15.9. The maximum Gasteiger partial charge on any atom is 0.382 e. The predicted octanol–water partition coefficient (Wildman–Crippen LogP) is 3.47. The lowest BCUT2D eigenvalue weighted by molar-refractivity contribution is -0.514. The molecule has 0 radical (unpaired) electrons. The van der Waals surface area contributed by atoms with Crippen molar-refractivity contribution in [3.8, 4) is 0 Å². The van der Waals surface area contributed by atoms with E-state index in [1.165, 1.54) is 25.1 Å². The van der Waals surface area contributed by atoms with E-state index in [1.54, 1.807) is 24.3 Å². The highest BCUT2D eigenvalue weighted by molar-refractivity contribution is 5.97. The van der Waals surface area contributed by atoms with Crippen LogP contribution in [-0.2, 0) is 9.53 Å². The second-order valence-corrected chi connectivity index (χ2v) is 6.43. The third-order valence-corrected chi connectivity index (χ3v) is 4.42. The number of aryl methyl sites for hydroxylation is 1. The van der Waals surface area contributed by atoms with E-state index in [4.69, 9.17) is 4.74 Å². The molecule has 2 atom stereocenters. The van der Waals surface area contributed by atoms with Crippen LogP contribution in [0, 0.1) is 27.2 Å². The maximum atomic E-state index is 12.8. The van der Waals surface area contributed by atoms with Crippen molar-refractivity contribution in [2.45, 2.75) is 32.2 Å². The van der Waals surface area contributed by atoms with Gasteiger partial charge in [-0.1, -0.05) is 42.0 Å². The summed E-state index contributed by atoms with van der Waals surface area (Å²) in [5, 5.41) is 22.8. The van der Waals surface area contributed by atoms with Crippen LogP contribution >= 0.6 is 0 Å². The topological polar surface area (TPSA) is 130 Å². The molecular formula is C20H20N2O7. The number of Topliss-reactive ketones (excluding diaryl/α,β-unsaturated/α-hetero) is 1. The third-order valence-electron chi connectivity index (χ3n) is 4.42. The van der Waals surface area contributed by atoms with Crippen LogP contribution in [0.4, 0.5) is 5.69 Å². The van der Waals surface area contributed by atoms with E-state index in [-0.39, 0.29) is 24.3 Å². The second-order valence-electron chi connectivity index (χ2n) is 6.43. The van der Waals surface area contributed by atoms with Gasteiger partial charge in [0.15, 0.2) is 5.78 Å². The summed E-state index contributed by atoms with van der Waals surface area (Å²) < 4.78 is 4.82. The molecule has 0 N–H and O–H groups in total. The summed E-state index contributed by atoms with van der Waals surface area (Å²) in [6.45, 7) is 3.29. The van der Waals surface area contributed by atoms with Gasteiger partial charge in [0.2, 0.25) is 0 Å². The fraction of sp³-hybridized carbons (Fsp3) is 0.300. The fourth-order valence-electron chi connectivity index (χ4n) is 2.96. The Bertz CT molecular complexity index is 925. The van der Waals surface area contributed by atoms with Crippen molar-refractivity contribution < 1.29 is 24.2 Å². The van der Waals surface area contributed by atoms with Crippen molar-refractivity contribution >= 4 is 17.4 Å². The molecule has 0 bridgehead atoms. The highest BCUT2D eigenvalue weighted by atomic mass is 16.6. The van der Waals surface area contributed by atoms with Crippen LogP contribution in [0.2, 0.25) is 0 Å². The Labute approximate surface area is 166 Å². The minimum absolute atomic E-state index is 0.0727. The van der Waals surface area contributed by atoms with Crippen LogP contribution in [0.1, 0.15) is 40.7 Å². The average Bonchev–Trinajstić information content (AvgIpc) is 2.68. The van der Waals surface area contributed by atoms with E-state index < -0.39 is 33.6 Å². The molecule has 2 rings (SSSR count). The van der Waals surface area contributed by atoms with E-state index in [1.807, 2.05) is 6.92 Å². The highest BCUT2D eigenvalue weighted by Gasteiger charge is 2.42. The third kappa shape index (κ3) is 5.44. The smallest absolute Gasteiger partial charge is 0.382 e. The van der Waals surface area contributed by atoms with Gasteiger partial charge in [-0.25, -0.2) is 4.79 Å². The largest absolute Gasteiger partial charge is 0.461 e. The standard InChI is InChI=1S/C20H20N2O7/c1-3-29-20(24)19(22(27)28)17(15-5-4-6-16(11-15)21(25)26)12-18(23)14-9-7-13(2)8-10-14/h4-11,17,19H,3,12H2,1-2H3. The molecular weight excluding hydrogens is 380 g/mol. The number of nitrogens with zero attached hydrogens (tertiary/aromatic N) is 2. The second kappa shape index (κ2) is 9.54. The molecule has 0 amide bonds. The van der Waals surface area contributed by atoms with E-state index in [2.05, 4.69) is 0 Å². The first-order valence-electron chi connectivity index (χ1n) is 8.89. The molecule has 9 nitrogen and oxygen atoms in total. The summed E-state index contributed by atoms with van der Waals surface area (Å²) in [5.41, 5.74) is 1.12. The normalized spacial score (nSPS) is 12.6. The molecule has 0 aliphatic heterocycles. The van der Waals surface area contributed by atoms with Gasteiger partial charge in [0.25, 0.3) is 5.69 Å². The lowest BCUT2D eigenvalue weighted by Gasteiger charge is -2.19. The van der Waals surface area contributed by atoms with Gasteiger partial charge < -0.3 is 4.74 Å². The van der Waals surface area contributed by atoms with Crippen molar-refractivity contribution in [2.75, 3.05) is 6.61 Å². The lowest BCUT2D eigenvalue weighted by Crippen LogP contribution is -2.38. The van der Waals surface area contributed by atoms with Crippen LogP contribution in [0.5, 0.6) is 0 Å². The maximum absolute atomic E-state index is 12.8. The molecule has 0 aliphatic rings. The van der Waals surface area contributed by atoms with Crippen molar-refractivity contribution in [2.24, 2.45) is 0 Å². The summed E-state index contributed by atoms with van der Waals surface area (Å²) in [5.74, 6) is -2.74. The molecule has 0 spiro atoms. The molecule has 2 aromatic rings. The number of nitro benzene ring substituents is 1. The quantitative estimate of drug-likeness (QED) is 0.273. The van der Waals surface area contributed by atoms with E-state index in [0.717, 1.165) is 11.6 Å². The fourth-order valence-corrected chi connectivity index (χ4v) is 2.96. The number of ether oxygens (including phenoxy) is 1. The summed E-state index contributed by atoms with van der Waals surface area (Å²) in [4.78, 5) is 46.3. The zero-order chi connectivity index (χ0) is 21.6. The number of rotatable bonds is 9. The van der Waals surface area contributed by atoms with Gasteiger partial charge in [0.1, 0.15) is 0 Å². The van der Waals surface area contributed by atoms with Crippen LogP contribution in [0.3, 0.4) is 0 Å². The summed E-state index contributed by atoms with van der Waals surface area (Å²) in [6, 6.07) is 9.93. The SMILES string of the molecule is CCOC(=O)C(C(CC(=O)c1ccc(C)cc1)c1cccc([N+](=O)[O-])c1)[N+](=O)[O-]. The first-order valence-corrected chi connectivity index (χ1v) is 8.89. The van der Waals surface area contributed by atoms with Gasteiger partial charge in [0, 0.05) is 29.0 Å². The predicted molar refractivity (Wildman–Crippen MR) is 103 cm³/mol. The monoisotopic (exact) mass is 400 g/mol. The summed E-state index contributed by atoms with van der Waals surface area (Å²) in [6.07, 6.45) is -0.380. The van der Waals surface area contributed by atoms with Crippen molar-refractivity contribution in [3.63, 3.8) is 0 Å². The molecule has 0 aliphatic carbocycles. The van der Waals surface area contributed by atoms with Crippen LogP contribution < -0.4 is 0 Å². The van der Waals surface area contributed by atoms with Crippen LogP contribution in [-0.4, -0.2) is 34.2 Å².